The molecule has 0 aromatic heterocycles. The van der Waals surface area contributed by atoms with Crippen LogP contribution in [0.15, 0.2) is 77.7 Å². The summed E-state index contributed by atoms with van der Waals surface area (Å²) < 4.78 is 28.8. The lowest BCUT2D eigenvalue weighted by molar-refractivity contribution is -0.140. The molecule has 0 radical (unpaired) electrons. The van der Waals surface area contributed by atoms with Gasteiger partial charge in [-0.25, -0.2) is 8.42 Å². The Labute approximate surface area is 232 Å². The predicted molar refractivity (Wildman–Crippen MR) is 156 cm³/mol. The van der Waals surface area contributed by atoms with Crippen LogP contribution in [0.25, 0.3) is 0 Å². The van der Waals surface area contributed by atoms with Crippen molar-refractivity contribution in [2.24, 2.45) is 0 Å². The van der Waals surface area contributed by atoms with Crippen molar-refractivity contribution in [2.45, 2.75) is 71.5 Å². The molecule has 0 fully saturated rings. The number of anilines is 1. The SMILES string of the molecule is Cc1ccc(CN(C(=O)CN(c2ccc(C)c(C)c2)S(=O)(=O)c2ccccc2)[C@H](C)C(=O)NC(C)(C)C)cc1. The summed E-state index contributed by atoms with van der Waals surface area (Å²) in [5.41, 5.74) is 3.72. The number of amides is 2. The van der Waals surface area contributed by atoms with Gasteiger partial charge in [0.2, 0.25) is 11.8 Å². The van der Waals surface area contributed by atoms with Crippen LogP contribution < -0.4 is 9.62 Å². The fraction of sp³-hybridized carbons (Fsp3) is 0.355. The number of hydrogen-bond acceptors (Lipinski definition) is 4. The van der Waals surface area contributed by atoms with E-state index >= 15 is 0 Å². The maximum Gasteiger partial charge on any atom is 0.264 e. The second kappa shape index (κ2) is 12.0. The van der Waals surface area contributed by atoms with Crippen molar-refractivity contribution in [1.29, 1.82) is 0 Å². The molecule has 7 nitrogen and oxygen atoms in total. The monoisotopic (exact) mass is 549 g/mol. The number of aryl methyl sites for hydroxylation is 3. The molecule has 3 aromatic rings. The highest BCUT2D eigenvalue weighted by atomic mass is 32.2. The van der Waals surface area contributed by atoms with Gasteiger partial charge in [-0.1, -0.05) is 54.1 Å². The first-order chi connectivity index (χ1) is 18.2. The van der Waals surface area contributed by atoms with Crippen molar-refractivity contribution < 1.29 is 18.0 Å². The molecule has 1 N–H and O–H groups in total. The molecule has 0 saturated carbocycles. The van der Waals surface area contributed by atoms with Crippen LogP contribution in [-0.4, -0.2) is 43.3 Å². The first kappa shape index (κ1) is 29.9. The molecule has 0 heterocycles. The molecule has 39 heavy (non-hydrogen) atoms. The molecule has 3 aromatic carbocycles. The number of hydrogen-bond donors (Lipinski definition) is 1. The van der Waals surface area contributed by atoms with Gasteiger partial charge >= 0.3 is 0 Å². The fourth-order valence-electron chi connectivity index (χ4n) is 4.08. The van der Waals surface area contributed by atoms with Crippen molar-refractivity contribution in [3.8, 4) is 0 Å². The molecular formula is C31H39N3O4S. The Balaban J connectivity index is 2.04. The minimum Gasteiger partial charge on any atom is -0.350 e. The van der Waals surface area contributed by atoms with Gasteiger partial charge in [0, 0.05) is 12.1 Å². The first-order valence-corrected chi connectivity index (χ1v) is 14.4. The minimum atomic E-state index is -4.08. The van der Waals surface area contributed by atoms with Gasteiger partial charge in [0.05, 0.1) is 10.6 Å². The van der Waals surface area contributed by atoms with E-state index in [0.29, 0.717) is 5.69 Å². The molecule has 0 bridgehead atoms. The smallest absolute Gasteiger partial charge is 0.264 e. The number of carbonyl (C=O) groups is 2. The molecule has 0 spiro atoms. The molecule has 0 aliphatic heterocycles. The quantitative estimate of drug-likeness (QED) is 0.401. The molecule has 0 saturated heterocycles. The second-order valence-corrected chi connectivity index (χ2v) is 12.9. The third-order valence-electron chi connectivity index (χ3n) is 6.53. The van der Waals surface area contributed by atoms with Gasteiger partial charge in [-0.2, -0.15) is 0 Å². The summed E-state index contributed by atoms with van der Waals surface area (Å²) in [6.07, 6.45) is 0. The zero-order chi connectivity index (χ0) is 29.0. The third kappa shape index (κ3) is 7.69. The molecule has 3 rings (SSSR count). The molecule has 0 aliphatic rings. The Morgan fingerprint density at radius 1 is 0.872 bits per heavy atom. The van der Waals surface area contributed by atoms with E-state index < -0.39 is 34.1 Å². The maximum absolute atomic E-state index is 14.0. The van der Waals surface area contributed by atoms with Crippen LogP contribution in [0.2, 0.25) is 0 Å². The molecule has 0 unspecified atom stereocenters. The van der Waals surface area contributed by atoms with Crippen LogP contribution in [0.4, 0.5) is 5.69 Å². The van der Waals surface area contributed by atoms with Crippen LogP contribution in [0.5, 0.6) is 0 Å². The van der Waals surface area contributed by atoms with E-state index in [-0.39, 0.29) is 17.3 Å². The van der Waals surface area contributed by atoms with E-state index in [9.17, 15) is 18.0 Å². The highest BCUT2D eigenvalue weighted by Crippen LogP contribution is 2.26. The van der Waals surface area contributed by atoms with Crippen LogP contribution in [-0.2, 0) is 26.2 Å². The Morgan fingerprint density at radius 3 is 2.05 bits per heavy atom. The van der Waals surface area contributed by atoms with E-state index in [2.05, 4.69) is 5.32 Å². The van der Waals surface area contributed by atoms with Gasteiger partial charge in [0.15, 0.2) is 0 Å². The summed E-state index contributed by atoms with van der Waals surface area (Å²) in [4.78, 5) is 28.7. The van der Waals surface area contributed by atoms with Crippen LogP contribution in [0, 0.1) is 20.8 Å². The van der Waals surface area contributed by atoms with Gasteiger partial charge in [0.1, 0.15) is 12.6 Å². The van der Waals surface area contributed by atoms with Gasteiger partial charge in [-0.15, -0.1) is 0 Å². The Morgan fingerprint density at radius 2 is 1.49 bits per heavy atom. The van der Waals surface area contributed by atoms with E-state index in [1.807, 2.05) is 71.9 Å². The highest BCUT2D eigenvalue weighted by Gasteiger charge is 2.33. The van der Waals surface area contributed by atoms with Crippen molar-refractivity contribution in [1.82, 2.24) is 10.2 Å². The molecule has 0 aliphatic carbocycles. The summed E-state index contributed by atoms with van der Waals surface area (Å²) in [5, 5.41) is 2.94. The van der Waals surface area contributed by atoms with Gasteiger partial charge < -0.3 is 10.2 Å². The number of rotatable bonds is 9. The normalized spacial score (nSPS) is 12.5. The summed E-state index contributed by atoms with van der Waals surface area (Å²) >= 11 is 0. The van der Waals surface area contributed by atoms with Crippen LogP contribution in [0.1, 0.15) is 49.9 Å². The number of carbonyl (C=O) groups excluding carboxylic acids is 2. The lowest BCUT2D eigenvalue weighted by atomic mass is 10.1. The average Bonchev–Trinajstić information content (AvgIpc) is 2.87. The topological polar surface area (TPSA) is 86.8 Å². The Bertz CT molecular complexity index is 1410. The number of nitrogens with zero attached hydrogens (tertiary/aromatic N) is 2. The Hall–Kier alpha value is -3.65. The van der Waals surface area contributed by atoms with Crippen molar-refractivity contribution in [2.75, 3.05) is 10.8 Å². The van der Waals surface area contributed by atoms with Gasteiger partial charge in [-0.05, 0) is 89.4 Å². The van der Waals surface area contributed by atoms with E-state index in [1.54, 1.807) is 37.3 Å². The van der Waals surface area contributed by atoms with Crippen LogP contribution >= 0.6 is 0 Å². The standard InChI is InChI=1S/C31H39N3O4S/c1-22-13-16-26(17-14-22)20-33(25(4)30(36)32-31(5,6)7)29(35)21-34(27-18-15-23(2)24(3)19-27)39(37,38)28-11-9-8-10-12-28/h8-19,25H,20-21H2,1-7H3,(H,32,36)/t25-/m1/s1. The fourth-order valence-corrected chi connectivity index (χ4v) is 5.50. The lowest BCUT2D eigenvalue weighted by Gasteiger charge is -2.33. The molecule has 1 atom stereocenters. The predicted octanol–water partition coefficient (Wildman–Crippen LogP) is 5.14. The van der Waals surface area contributed by atoms with Crippen molar-refractivity contribution >= 4 is 27.5 Å². The maximum atomic E-state index is 14.0. The highest BCUT2D eigenvalue weighted by molar-refractivity contribution is 7.92. The third-order valence-corrected chi connectivity index (χ3v) is 8.32. The molecule has 8 heteroatoms. The van der Waals surface area contributed by atoms with Crippen molar-refractivity contribution in [3.63, 3.8) is 0 Å². The zero-order valence-corrected chi connectivity index (χ0v) is 24.7. The summed E-state index contributed by atoms with van der Waals surface area (Å²) in [6.45, 7) is 12.8. The number of benzene rings is 3. The molecule has 2 amide bonds. The number of nitrogens with one attached hydrogen (secondary N) is 1. The van der Waals surface area contributed by atoms with Crippen molar-refractivity contribution in [3.05, 3.63) is 95.1 Å². The van der Waals surface area contributed by atoms with Crippen LogP contribution in [0.3, 0.4) is 0 Å². The summed E-state index contributed by atoms with van der Waals surface area (Å²) in [5.74, 6) is -0.795. The number of sulfonamides is 1. The lowest BCUT2D eigenvalue weighted by Crippen LogP contribution is -2.54. The average molecular weight is 550 g/mol. The van der Waals surface area contributed by atoms with E-state index in [1.165, 1.54) is 17.0 Å². The second-order valence-electron chi connectivity index (χ2n) is 11.0. The first-order valence-electron chi connectivity index (χ1n) is 13.0. The summed E-state index contributed by atoms with van der Waals surface area (Å²) in [7, 11) is -4.08. The minimum absolute atomic E-state index is 0.0830. The molecular weight excluding hydrogens is 510 g/mol. The summed E-state index contributed by atoms with van der Waals surface area (Å²) in [6, 6.07) is 20.2. The largest absolute Gasteiger partial charge is 0.350 e. The van der Waals surface area contributed by atoms with Gasteiger partial charge in [-0.3, -0.25) is 13.9 Å². The van der Waals surface area contributed by atoms with E-state index in [4.69, 9.17) is 0 Å². The molecule has 208 valence electrons. The Kier molecular flexibility index (Phi) is 9.22. The van der Waals surface area contributed by atoms with Gasteiger partial charge in [0.25, 0.3) is 10.0 Å². The van der Waals surface area contributed by atoms with E-state index in [0.717, 1.165) is 26.6 Å². The zero-order valence-electron chi connectivity index (χ0n) is 23.9.